The van der Waals surface area contributed by atoms with Crippen LogP contribution >= 0.6 is 15.9 Å². The predicted octanol–water partition coefficient (Wildman–Crippen LogP) is 3.99. The third kappa shape index (κ3) is 2.12. The Morgan fingerprint density at radius 3 is 3.06 bits per heavy atom. The van der Waals surface area contributed by atoms with Crippen LogP contribution in [0.15, 0.2) is 39.4 Å². The molecule has 1 aliphatic heterocycles. The monoisotopic (exact) mass is 291 g/mol. The average molecular weight is 292 g/mol. The zero-order valence-corrected chi connectivity index (χ0v) is 11.1. The van der Waals surface area contributed by atoms with E-state index in [1.807, 2.05) is 6.07 Å². The van der Waals surface area contributed by atoms with Gasteiger partial charge in [0.1, 0.15) is 5.76 Å². The molecule has 1 N–H and O–H groups in total. The van der Waals surface area contributed by atoms with Crippen molar-refractivity contribution in [2.45, 2.75) is 19.3 Å². The molecule has 88 valence electrons. The maximum absolute atomic E-state index is 5.48. The van der Waals surface area contributed by atoms with Gasteiger partial charge in [-0.1, -0.05) is 18.2 Å². The number of aryl methyl sites for hydroxylation is 1. The first-order chi connectivity index (χ1) is 8.34. The van der Waals surface area contributed by atoms with E-state index in [0.717, 1.165) is 23.2 Å². The molecular formula is C14H14BrNO. The van der Waals surface area contributed by atoms with Gasteiger partial charge in [-0.2, -0.15) is 0 Å². The predicted molar refractivity (Wildman–Crippen MR) is 72.5 cm³/mol. The molecular weight excluding hydrogens is 278 g/mol. The Balaban J connectivity index is 1.95. The molecule has 0 amide bonds. The number of fused-ring (bicyclic) bond motifs is 1. The fourth-order valence-electron chi connectivity index (χ4n) is 2.35. The van der Waals surface area contributed by atoms with Crippen molar-refractivity contribution in [3.8, 4) is 0 Å². The highest BCUT2D eigenvalue weighted by molar-refractivity contribution is 9.10. The molecule has 1 aromatic carbocycles. The number of para-hydroxylation sites is 1. The summed E-state index contributed by atoms with van der Waals surface area (Å²) in [6, 6.07) is 8.46. The van der Waals surface area contributed by atoms with Gasteiger partial charge in [0.15, 0.2) is 0 Å². The van der Waals surface area contributed by atoms with Crippen molar-refractivity contribution in [3.05, 3.63) is 51.9 Å². The molecule has 0 saturated carbocycles. The van der Waals surface area contributed by atoms with E-state index >= 15 is 0 Å². The van der Waals surface area contributed by atoms with Crippen molar-refractivity contribution < 1.29 is 4.42 Å². The molecule has 0 atom stereocenters. The molecule has 0 spiro atoms. The molecule has 0 aliphatic carbocycles. The summed E-state index contributed by atoms with van der Waals surface area (Å²) in [6.07, 6.45) is 4.96. The van der Waals surface area contributed by atoms with Crippen LogP contribution in [-0.4, -0.2) is 6.54 Å². The molecule has 0 saturated heterocycles. The fourth-order valence-corrected chi connectivity index (χ4v) is 2.69. The average Bonchev–Trinajstić information content (AvgIpc) is 2.76. The standard InChI is InChI=1S/C14H14BrNO/c15-12-6-8-17-13(12)9-11-4-1-3-10-5-2-7-16-14(10)11/h1,3-4,6,8,16H,2,5,7,9H2. The number of hydrogen-bond acceptors (Lipinski definition) is 2. The normalized spacial score (nSPS) is 14.2. The Morgan fingerprint density at radius 1 is 1.29 bits per heavy atom. The van der Waals surface area contributed by atoms with Crippen LogP contribution in [0.4, 0.5) is 5.69 Å². The SMILES string of the molecule is Brc1ccoc1Cc1cccc2c1NCCC2. The molecule has 3 rings (SSSR count). The Hall–Kier alpha value is -1.22. The largest absolute Gasteiger partial charge is 0.468 e. The third-order valence-corrected chi connectivity index (χ3v) is 3.91. The highest BCUT2D eigenvalue weighted by Crippen LogP contribution is 2.29. The molecule has 0 bridgehead atoms. The number of anilines is 1. The van der Waals surface area contributed by atoms with Crippen molar-refractivity contribution in [1.29, 1.82) is 0 Å². The van der Waals surface area contributed by atoms with E-state index in [-0.39, 0.29) is 0 Å². The second-order valence-corrected chi connectivity index (χ2v) is 5.20. The molecule has 3 heteroatoms. The number of hydrogen-bond donors (Lipinski definition) is 1. The van der Waals surface area contributed by atoms with Crippen LogP contribution in [-0.2, 0) is 12.8 Å². The zero-order valence-electron chi connectivity index (χ0n) is 9.50. The van der Waals surface area contributed by atoms with Gasteiger partial charge in [0.25, 0.3) is 0 Å². The lowest BCUT2D eigenvalue weighted by atomic mass is 9.97. The summed E-state index contributed by atoms with van der Waals surface area (Å²) < 4.78 is 6.53. The van der Waals surface area contributed by atoms with Crippen molar-refractivity contribution >= 4 is 21.6 Å². The number of furan rings is 1. The minimum absolute atomic E-state index is 0.837. The van der Waals surface area contributed by atoms with Gasteiger partial charge in [-0.25, -0.2) is 0 Å². The van der Waals surface area contributed by atoms with Crippen LogP contribution in [0.25, 0.3) is 0 Å². The van der Waals surface area contributed by atoms with Gasteiger partial charge < -0.3 is 9.73 Å². The van der Waals surface area contributed by atoms with Gasteiger partial charge in [0, 0.05) is 18.7 Å². The van der Waals surface area contributed by atoms with Crippen LogP contribution in [0.1, 0.15) is 23.3 Å². The summed E-state index contributed by atoms with van der Waals surface area (Å²) in [5, 5.41) is 3.51. The Bertz CT molecular complexity index is 533. The molecule has 2 heterocycles. The van der Waals surface area contributed by atoms with Gasteiger partial charge in [0.2, 0.25) is 0 Å². The van der Waals surface area contributed by atoms with Crippen LogP contribution < -0.4 is 5.32 Å². The minimum atomic E-state index is 0.837. The molecule has 0 fully saturated rings. The highest BCUT2D eigenvalue weighted by Gasteiger charge is 2.14. The van der Waals surface area contributed by atoms with Crippen molar-refractivity contribution in [3.63, 3.8) is 0 Å². The number of nitrogens with one attached hydrogen (secondary N) is 1. The van der Waals surface area contributed by atoms with Crippen LogP contribution in [0.2, 0.25) is 0 Å². The molecule has 17 heavy (non-hydrogen) atoms. The van der Waals surface area contributed by atoms with Gasteiger partial charge in [-0.3, -0.25) is 0 Å². The molecule has 0 radical (unpaired) electrons. The van der Waals surface area contributed by atoms with E-state index in [2.05, 4.69) is 39.4 Å². The Kier molecular flexibility index (Phi) is 2.93. The summed E-state index contributed by atoms with van der Waals surface area (Å²) in [6.45, 7) is 1.07. The van der Waals surface area contributed by atoms with Gasteiger partial charge in [-0.05, 0) is 46.0 Å². The molecule has 1 aromatic heterocycles. The van der Waals surface area contributed by atoms with Crippen molar-refractivity contribution in [1.82, 2.24) is 0 Å². The lowest BCUT2D eigenvalue weighted by Gasteiger charge is -2.20. The first-order valence-corrected chi connectivity index (χ1v) is 6.70. The third-order valence-electron chi connectivity index (χ3n) is 3.20. The van der Waals surface area contributed by atoms with E-state index in [1.54, 1.807) is 6.26 Å². The summed E-state index contributed by atoms with van der Waals surface area (Å²) >= 11 is 3.51. The van der Waals surface area contributed by atoms with Crippen LogP contribution in [0, 0.1) is 0 Å². The maximum atomic E-state index is 5.48. The lowest BCUT2D eigenvalue weighted by molar-refractivity contribution is 0.519. The second kappa shape index (κ2) is 4.57. The van der Waals surface area contributed by atoms with Crippen LogP contribution in [0.5, 0.6) is 0 Å². The highest BCUT2D eigenvalue weighted by atomic mass is 79.9. The van der Waals surface area contributed by atoms with Crippen molar-refractivity contribution in [2.75, 3.05) is 11.9 Å². The lowest BCUT2D eigenvalue weighted by Crippen LogP contribution is -2.13. The summed E-state index contributed by atoms with van der Waals surface area (Å²) in [5.41, 5.74) is 4.05. The molecule has 2 nitrogen and oxygen atoms in total. The summed E-state index contributed by atoms with van der Waals surface area (Å²) in [7, 11) is 0. The first kappa shape index (κ1) is 10.9. The van der Waals surface area contributed by atoms with E-state index < -0.39 is 0 Å². The topological polar surface area (TPSA) is 25.2 Å². The number of rotatable bonds is 2. The van der Waals surface area contributed by atoms with Gasteiger partial charge >= 0.3 is 0 Å². The summed E-state index contributed by atoms with van der Waals surface area (Å²) in [4.78, 5) is 0. The van der Waals surface area contributed by atoms with E-state index in [9.17, 15) is 0 Å². The van der Waals surface area contributed by atoms with E-state index in [1.165, 1.54) is 29.7 Å². The quantitative estimate of drug-likeness (QED) is 0.905. The first-order valence-electron chi connectivity index (χ1n) is 5.91. The van der Waals surface area contributed by atoms with Gasteiger partial charge in [0.05, 0.1) is 10.7 Å². The zero-order chi connectivity index (χ0) is 11.7. The van der Waals surface area contributed by atoms with E-state index in [0.29, 0.717) is 0 Å². The Morgan fingerprint density at radius 2 is 2.24 bits per heavy atom. The van der Waals surface area contributed by atoms with Crippen LogP contribution in [0.3, 0.4) is 0 Å². The number of benzene rings is 1. The summed E-state index contributed by atoms with van der Waals surface area (Å²) in [5.74, 6) is 0.991. The smallest absolute Gasteiger partial charge is 0.122 e. The molecule has 1 aliphatic rings. The van der Waals surface area contributed by atoms with E-state index in [4.69, 9.17) is 4.42 Å². The molecule has 2 aromatic rings. The molecule has 0 unspecified atom stereocenters. The number of halogens is 1. The second-order valence-electron chi connectivity index (χ2n) is 4.35. The maximum Gasteiger partial charge on any atom is 0.122 e. The Labute approximate surface area is 109 Å². The fraction of sp³-hybridized carbons (Fsp3) is 0.286. The van der Waals surface area contributed by atoms with Crippen molar-refractivity contribution in [2.24, 2.45) is 0 Å². The minimum Gasteiger partial charge on any atom is -0.468 e. The van der Waals surface area contributed by atoms with Gasteiger partial charge in [-0.15, -0.1) is 0 Å².